The second kappa shape index (κ2) is 11.2. The summed E-state index contributed by atoms with van der Waals surface area (Å²) >= 11 is 0. The summed E-state index contributed by atoms with van der Waals surface area (Å²) in [6, 6.07) is 18.4. The number of amides is 1. The standard InChI is InChI=1S/C23H20FN5O2.C2HF3O2/c24-19-10-12-28(23(30)17-5-3-6-18(14-17)29-13-11-25-27-29)15-21(19)31-22-9-8-16-4-1-2-7-20(16)26-22;3-2(4,5)1(6)7/h1-9,11,13-14,19,21H,10,12,15H2;(H,6,7)/t19-,21+;/m1./s1. The number of fused-ring (bicyclic) bond motifs is 1. The molecule has 1 aliphatic heterocycles. The minimum atomic E-state index is -5.08. The maximum atomic E-state index is 14.6. The van der Waals surface area contributed by atoms with Gasteiger partial charge in [-0.3, -0.25) is 4.79 Å². The number of halogens is 4. The number of piperidine rings is 1. The largest absolute Gasteiger partial charge is 0.490 e. The Hall–Kier alpha value is -4.55. The van der Waals surface area contributed by atoms with Crippen LogP contribution in [0.2, 0.25) is 0 Å². The highest BCUT2D eigenvalue weighted by Crippen LogP contribution is 2.23. The van der Waals surface area contributed by atoms with Crippen molar-refractivity contribution in [2.45, 2.75) is 24.9 Å². The van der Waals surface area contributed by atoms with Gasteiger partial charge in [-0.25, -0.2) is 18.9 Å². The average Bonchev–Trinajstić information content (AvgIpc) is 3.45. The maximum Gasteiger partial charge on any atom is 0.490 e. The first kappa shape index (κ1) is 26.5. The molecule has 1 N–H and O–H groups in total. The lowest BCUT2D eigenvalue weighted by atomic mass is 10.0. The molecule has 198 valence electrons. The van der Waals surface area contributed by atoms with Crippen molar-refractivity contribution in [3.63, 3.8) is 0 Å². The zero-order chi connectivity index (χ0) is 27.3. The van der Waals surface area contributed by atoms with Crippen LogP contribution in [-0.2, 0) is 4.79 Å². The molecule has 0 saturated carbocycles. The van der Waals surface area contributed by atoms with Gasteiger partial charge >= 0.3 is 12.1 Å². The molecule has 0 aliphatic carbocycles. The molecule has 1 fully saturated rings. The lowest BCUT2D eigenvalue weighted by Crippen LogP contribution is -2.50. The minimum Gasteiger partial charge on any atom is -0.475 e. The number of ether oxygens (including phenoxy) is 1. The zero-order valence-corrected chi connectivity index (χ0v) is 19.6. The number of hydrogen-bond donors (Lipinski definition) is 1. The third-order valence-corrected chi connectivity index (χ3v) is 5.63. The molecule has 38 heavy (non-hydrogen) atoms. The molecule has 2 aromatic heterocycles. The summed E-state index contributed by atoms with van der Waals surface area (Å²) < 4.78 is 53.8. The Morgan fingerprint density at radius 2 is 1.82 bits per heavy atom. The second-order valence-corrected chi connectivity index (χ2v) is 8.26. The molecule has 5 rings (SSSR count). The molecule has 1 amide bonds. The highest BCUT2D eigenvalue weighted by Gasteiger charge is 2.38. The van der Waals surface area contributed by atoms with Crippen LogP contribution in [0.3, 0.4) is 0 Å². The summed E-state index contributed by atoms with van der Waals surface area (Å²) in [6.45, 7) is 0.487. The van der Waals surface area contributed by atoms with E-state index in [9.17, 15) is 22.4 Å². The number of carboxylic acids is 1. The van der Waals surface area contributed by atoms with Gasteiger partial charge in [-0.05, 0) is 36.8 Å². The van der Waals surface area contributed by atoms with Crippen LogP contribution in [-0.4, -0.2) is 73.4 Å². The van der Waals surface area contributed by atoms with E-state index in [-0.39, 0.29) is 18.9 Å². The molecular formula is C25H21F4N5O4. The Kier molecular flexibility index (Phi) is 7.84. The summed E-state index contributed by atoms with van der Waals surface area (Å²) in [5.41, 5.74) is 2.02. The summed E-state index contributed by atoms with van der Waals surface area (Å²) in [4.78, 5) is 28.1. The van der Waals surface area contributed by atoms with E-state index in [4.69, 9.17) is 14.6 Å². The monoisotopic (exact) mass is 531 g/mol. The third-order valence-electron chi connectivity index (χ3n) is 5.63. The van der Waals surface area contributed by atoms with Gasteiger partial charge in [0.2, 0.25) is 5.88 Å². The Bertz CT molecular complexity index is 1410. The lowest BCUT2D eigenvalue weighted by molar-refractivity contribution is -0.192. The van der Waals surface area contributed by atoms with Gasteiger partial charge in [0, 0.05) is 23.6 Å². The topological polar surface area (TPSA) is 110 Å². The molecule has 1 aliphatic rings. The van der Waals surface area contributed by atoms with Crippen molar-refractivity contribution in [1.82, 2.24) is 24.9 Å². The number of para-hydroxylation sites is 1. The predicted octanol–water partition coefficient (Wildman–Crippen LogP) is 4.08. The fourth-order valence-corrected chi connectivity index (χ4v) is 3.76. The van der Waals surface area contributed by atoms with E-state index in [1.54, 1.807) is 46.2 Å². The van der Waals surface area contributed by atoms with Gasteiger partial charge in [0.05, 0.1) is 30.1 Å². The van der Waals surface area contributed by atoms with Gasteiger partial charge in [0.15, 0.2) is 0 Å². The van der Waals surface area contributed by atoms with Crippen LogP contribution < -0.4 is 4.74 Å². The number of alkyl halides is 4. The van der Waals surface area contributed by atoms with Crippen LogP contribution in [0.5, 0.6) is 5.88 Å². The Balaban J connectivity index is 0.000000426. The van der Waals surface area contributed by atoms with E-state index >= 15 is 0 Å². The van der Waals surface area contributed by atoms with Crippen molar-refractivity contribution < 1.29 is 37.0 Å². The highest BCUT2D eigenvalue weighted by atomic mass is 19.4. The highest BCUT2D eigenvalue weighted by molar-refractivity contribution is 5.94. The molecule has 0 bridgehead atoms. The van der Waals surface area contributed by atoms with Crippen LogP contribution in [0.1, 0.15) is 16.8 Å². The number of aliphatic carboxylic acids is 1. The molecule has 1 saturated heterocycles. The van der Waals surface area contributed by atoms with E-state index in [0.29, 0.717) is 18.0 Å². The molecule has 9 nitrogen and oxygen atoms in total. The van der Waals surface area contributed by atoms with Crippen LogP contribution in [0.4, 0.5) is 17.6 Å². The molecule has 4 aromatic rings. The molecule has 0 radical (unpaired) electrons. The summed E-state index contributed by atoms with van der Waals surface area (Å²) in [6.07, 6.45) is -3.53. The first-order valence-electron chi connectivity index (χ1n) is 11.3. The first-order chi connectivity index (χ1) is 18.1. The van der Waals surface area contributed by atoms with Crippen LogP contribution >= 0.6 is 0 Å². The summed E-state index contributed by atoms with van der Waals surface area (Å²) in [7, 11) is 0. The van der Waals surface area contributed by atoms with Crippen LogP contribution in [0.15, 0.2) is 73.1 Å². The van der Waals surface area contributed by atoms with E-state index in [0.717, 1.165) is 16.6 Å². The fourth-order valence-electron chi connectivity index (χ4n) is 3.76. The van der Waals surface area contributed by atoms with E-state index in [1.807, 2.05) is 36.4 Å². The molecule has 2 atom stereocenters. The molecule has 0 spiro atoms. The normalized spacial score (nSPS) is 17.4. The molecule has 3 heterocycles. The number of pyridine rings is 1. The van der Waals surface area contributed by atoms with Crippen LogP contribution in [0, 0.1) is 0 Å². The maximum absolute atomic E-state index is 14.6. The number of benzene rings is 2. The minimum absolute atomic E-state index is 0.155. The first-order valence-corrected chi connectivity index (χ1v) is 11.3. The Morgan fingerprint density at radius 1 is 1.05 bits per heavy atom. The smallest absolute Gasteiger partial charge is 0.475 e. The fraction of sp³-hybridized carbons (Fsp3) is 0.240. The SMILES string of the molecule is O=C(O)C(F)(F)F.O=C(c1cccc(-n2ccnn2)c1)N1CC[C@@H](F)[C@@H](Oc2ccc3ccccc3n2)C1. The zero-order valence-electron chi connectivity index (χ0n) is 19.6. The number of nitrogens with zero attached hydrogens (tertiary/aromatic N) is 5. The number of carbonyl (C=O) groups excluding carboxylic acids is 1. The van der Waals surface area contributed by atoms with Crippen molar-refractivity contribution in [1.29, 1.82) is 0 Å². The van der Waals surface area contributed by atoms with Crippen molar-refractivity contribution in [3.8, 4) is 11.6 Å². The van der Waals surface area contributed by atoms with Crippen molar-refractivity contribution in [2.24, 2.45) is 0 Å². The quantitative estimate of drug-likeness (QED) is 0.395. The Morgan fingerprint density at radius 3 is 2.53 bits per heavy atom. The van der Waals surface area contributed by atoms with Crippen molar-refractivity contribution in [3.05, 3.63) is 78.6 Å². The van der Waals surface area contributed by atoms with E-state index in [2.05, 4.69) is 15.3 Å². The van der Waals surface area contributed by atoms with Gasteiger partial charge in [-0.2, -0.15) is 13.2 Å². The second-order valence-electron chi connectivity index (χ2n) is 8.26. The summed E-state index contributed by atoms with van der Waals surface area (Å²) in [5.74, 6) is -2.57. The van der Waals surface area contributed by atoms with Crippen molar-refractivity contribution >= 4 is 22.8 Å². The molecule has 0 unspecified atom stereocenters. The third kappa shape index (κ3) is 6.41. The van der Waals surface area contributed by atoms with E-state index < -0.39 is 24.4 Å². The molecule has 2 aromatic carbocycles. The molecule has 13 heteroatoms. The van der Waals surface area contributed by atoms with Crippen molar-refractivity contribution in [2.75, 3.05) is 13.1 Å². The van der Waals surface area contributed by atoms with Gasteiger partial charge in [0.1, 0.15) is 12.3 Å². The van der Waals surface area contributed by atoms with Gasteiger partial charge in [-0.1, -0.05) is 29.5 Å². The number of carbonyl (C=O) groups is 2. The van der Waals surface area contributed by atoms with Gasteiger partial charge in [0.25, 0.3) is 5.91 Å². The van der Waals surface area contributed by atoms with Crippen LogP contribution in [0.25, 0.3) is 16.6 Å². The number of aromatic nitrogens is 4. The number of hydrogen-bond acceptors (Lipinski definition) is 6. The van der Waals surface area contributed by atoms with E-state index in [1.165, 1.54) is 0 Å². The summed E-state index contributed by atoms with van der Waals surface area (Å²) in [5, 5.41) is 15.9. The average molecular weight is 531 g/mol. The number of carboxylic acid groups (broad SMARTS) is 1. The predicted molar refractivity (Wildman–Crippen MR) is 127 cm³/mol. The lowest BCUT2D eigenvalue weighted by Gasteiger charge is -2.35. The Labute approximate surface area is 213 Å². The number of rotatable bonds is 4. The van der Waals surface area contributed by atoms with Gasteiger partial charge in [-0.15, -0.1) is 5.10 Å². The van der Waals surface area contributed by atoms with Gasteiger partial charge < -0.3 is 14.7 Å². The molecular weight excluding hydrogens is 510 g/mol. The number of likely N-dealkylation sites (tertiary alicyclic amines) is 1.